The summed E-state index contributed by atoms with van der Waals surface area (Å²) in [7, 11) is -2.15. The van der Waals surface area contributed by atoms with Crippen LogP contribution in [0.5, 0.6) is 0 Å². The summed E-state index contributed by atoms with van der Waals surface area (Å²) in [6.45, 7) is 7.78. The van der Waals surface area contributed by atoms with Crippen molar-refractivity contribution in [1.82, 2.24) is 14.6 Å². The third-order valence-electron chi connectivity index (χ3n) is 9.78. The molecule has 3 heterocycles. The molecule has 0 aliphatic carbocycles. The van der Waals surface area contributed by atoms with Crippen molar-refractivity contribution >= 4 is 31.5 Å². The SMILES string of the molecule is CC.CCCCCCCCCCCCCCCCCCOCC(COP(O)OCC1CCC(c2ccc3c(N)ncnn23)O1)OCc1ccc(C#N)c(Cl)c1. The summed E-state index contributed by atoms with van der Waals surface area (Å²) in [5.74, 6) is 0.417. The van der Waals surface area contributed by atoms with E-state index in [4.69, 9.17) is 40.6 Å². The molecule has 0 spiro atoms. The predicted octanol–water partition coefficient (Wildman–Crippen LogP) is 11.2. The van der Waals surface area contributed by atoms with Crippen LogP contribution in [-0.4, -0.2) is 58.1 Å². The lowest BCUT2D eigenvalue weighted by atomic mass is 10.0. The van der Waals surface area contributed by atoms with Crippen LogP contribution in [0.25, 0.3) is 5.52 Å². The number of nitrogens with zero attached hydrogens (tertiary/aromatic N) is 4. The summed E-state index contributed by atoms with van der Waals surface area (Å²) in [6, 6.07) is 11.1. The van der Waals surface area contributed by atoms with Gasteiger partial charge in [-0.2, -0.15) is 10.4 Å². The Morgan fingerprint density at radius 3 is 2.22 bits per heavy atom. The maximum Gasteiger partial charge on any atom is 0.330 e. The molecule has 0 radical (unpaired) electrons. The zero-order valence-corrected chi connectivity index (χ0v) is 35.3. The maximum atomic E-state index is 10.6. The summed E-state index contributed by atoms with van der Waals surface area (Å²) < 4.78 is 31.5. The Balaban J connectivity index is 0.00000399. The van der Waals surface area contributed by atoms with Gasteiger partial charge in [0.2, 0.25) is 0 Å². The zero-order valence-electron chi connectivity index (χ0n) is 33.6. The Bertz CT molecular complexity index is 1490. The van der Waals surface area contributed by atoms with Crippen molar-refractivity contribution in [2.45, 2.75) is 161 Å². The van der Waals surface area contributed by atoms with E-state index in [0.29, 0.717) is 29.6 Å². The lowest BCUT2D eigenvalue weighted by Crippen LogP contribution is -2.25. The quantitative estimate of drug-likeness (QED) is 0.0513. The average Bonchev–Trinajstić information content (AvgIpc) is 3.86. The summed E-state index contributed by atoms with van der Waals surface area (Å²) in [5.41, 5.74) is 8.87. The fourth-order valence-corrected chi connectivity index (χ4v) is 7.57. The topological polar surface area (TPSA) is 146 Å². The van der Waals surface area contributed by atoms with E-state index in [1.54, 1.807) is 16.6 Å². The first kappa shape index (κ1) is 47.0. The minimum atomic E-state index is -2.15. The van der Waals surface area contributed by atoms with Gasteiger partial charge in [-0.05, 0) is 49.1 Å². The van der Waals surface area contributed by atoms with Gasteiger partial charge in [-0.25, -0.2) is 9.50 Å². The lowest BCUT2D eigenvalue weighted by molar-refractivity contribution is -0.0493. The molecule has 4 rings (SSSR count). The fourth-order valence-electron chi connectivity index (χ4n) is 6.66. The molecule has 0 amide bonds. The lowest BCUT2D eigenvalue weighted by Gasteiger charge is -2.20. The molecular formula is C42H67ClN5O6P. The molecule has 0 saturated carbocycles. The second-order valence-electron chi connectivity index (χ2n) is 14.1. The van der Waals surface area contributed by atoms with Crippen molar-refractivity contribution in [2.75, 3.05) is 32.2 Å². The molecule has 4 unspecified atom stereocenters. The van der Waals surface area contributed by atoms with Gasteiger partial charge in [-0.15, -0.1) is 0 Å². The number of aromatic nitrogens is 3. The van der Waals surface area contributed by atoms with Gasteiger partial charge in [0.1, 0.15) is 30.1 Å². The Morgan fingerprint density at radius 2 is 1.58 bits per heavy atom. The molecule has 1 saturated heterocycles. The Kier molecular flexibility index (Phi) is 24.7. The molecule has 308 valence electrons. The number of nitriles is 1. The highest BCUT2D eigenvalue weighted by atomic mass is 35.5. The summed E-state index contributed by atoms with van der Waals surface area (Å²) >= 11 is 6.23. The summed E-state index contributed by atoms with van der Waals surface area (Å²) in [5, 5.41) is 13.9. The van der Waals surface area contributed by atoms with E-state index in [1.165, 1.54) is 96.2 Å². The first-order chi connectivity index (χ1) is 27.0. The van der Waals surface area contributed by atoms with Gasteiger partial charge in [0.05, 0.1) is 48.8 Å². The van der Waals surface area contributed by atoms with Gasteiger partial charge in [-0.3, -0.25) is 0 Å². The van der Waals surface area contributed by atoms with E-state index in [1.807, 2.05) is 32.0 Å². The third-order valence-corrected chi connectivity index (χ3v) is 10.8. The van der Waals surface area contributed by atoms with E-state index >= 15 is 0 Å². The second kappa shape index (κ2) is 28.9. The number of nitrogen functional groups attached to an aromatic ring is 1. The minimum absolute atomic E-state index is 0.0938. The van der Waals surface area contributed by atoms with Crippen molar-refractivity contribution in [3.63, 3.8) is 0 Å². The molecule has 2 aromatic heterocycles. The van der Waals surface area contributed by atoms with Crippen LogP contribution in [0.1, 0.15) is 159 Å². The first-order valence-electron chi connectivity index (χ1n) is 20.8. The maximum absolute atomic E-state index is 10.6. The van der Waals surface area contributed by atoms with Crippen LogP contribution in [0, 0.1) is 11.3 Å². The van der Waals surface area contributed by atoms with E-state index in [0.717, 1.165) is 42.5 Å². The Hall–Kier alpha value is -2.39. The highest BCUT2D eigenvalue weighted by Gasteiger charge is 2.30. The molecule has 11 nitrogen and oxygen atoms in total. The molecule has 4 atom stereocenters. The first-order valence-corrected chi connectivity index (χ1v) is 22.4. The van der Waals surface area contributed by atoms with Crippen molar-refractivity contribution in [2.24, 2.45) is 0 Å². The monoisotopic (exact) mass is 803 g/mol. The summed E-state index contributed by atoms with van der Waals surface area (Å²) in [6.07, 6.45) is 23.4. The molecule has 55 heavy (non-hydrogen) atoms. The van der Waals surface area contributed by atoms with Crippen LogP contribution in [-0.2, 0) is 29.9 Å². The number of fused-ring (bicyclic) bond motifs is 1. The standard InChI is InChI=1S/C40H61ClN5O6P.C2H6/c1-2-3-4-5-6-7-8-9-10-11-12-13-14-15-16-17-24-48-28-35(49-27-32-18-19-33(26-42)36(41)25-32)30-51-53(47)50-29-34-20-23-39(52-34)37-21-22-38-40(43)44-31-45-46(37)38;1-2/h18-19,21-22,25,31,34-35,39,47H,2-17,20,23-24,27-30H2,1H3,(H2,43,44,45);1-2H3. The number of nitrogens with two attached hydrogens (primary N) is 1. The molecule has 1 fully saturated rings. The van der Waals surface area contributed by atoms with Crippen LogP contribution in [0.2, 0.25) is 5.02 Å². The van der Waals surface area contributed by atoms with Gasteiger partial charge in [0, 0.05) is 6.61 Å². The molecule has 0 bridgehead atoms. The third kappa shape index (κ3) is 18.2. The number of halogens is 1. The average molecular weight is 804 g/mol. The highest BCUT2D eigenvalue weighted by Crippen LogP contribution is 2.38. The number of hydrogen-bond acceptors (Lipinski definition) is 10. The van der Waals surface area contributed by atoms with Gasteiger partial charge in [0.15, 0.2) is 5.82 Å². The Labute approximate surface area is 336 Å². The van der Waals surface area contributed by atoms with E-state index in [2.05, 4.69) is 23.1 Å². The second-order valence-corrected chi connectivity index (χ2v) is 15.5. The molecular weight excluding hydrogens is 737 g/mol. The predicted molar refractivity (Wildman–Crippen MR) is 222 cm³/mol. The Morgan fingerprint density at radius 1 is 0.927 bits per heavy atom. The normalized spacial score (nSPS) is 16.5. The van der Waals surface area contributed by atoms with Gasteiger partial charge < -0.3 is 33.9 Å². The fraction of sp³-hybridized carbons (Fsp3) is 0.690. The molecule has 1 aliphatic heterocycles. The number of unbranched alkanes of at least 4 members (excludes halogenated alkanes) is 15. The smallest absolute Gasteiger partial charge is 0.330 e. The van der Waals surface area contributed by atoms with Crippen molar-refractivity contribution in [1.29, 1.82) is 5.26 Å². The number of hydrogen-bond donors (Lipinski definition) is 2. The minimum Gasteiger partial charge on any atom is -0.382 e. The number of anilines is 1. The molecule has 3 N–H and O–H groups in total. The van der Waals surface area contributed by atoms with Crippen LogP contribution in [0.4, 0.5) is 5.82 Å². The van der Waals surface area contributed by atoms with Gasteiger partial charge in [-0.1, -0.05) is 135 Å². The van der Waals surface area contributed by atoms with E-state index < -0.39 is 14.7 Å². The molecule has 1 aliphatic rings. The van der Waals surface area contributed by atoms with Gasteiger partial charge in [0.25, 0.3) is 0 Å². The van der Waals surface area contributed by atoms with Crippen LogP contribution >= 0.6 is 20.2 Å². The van der Waals surface area contributed by atoms with Gasteiger partial charge >= 0.3 is 8.60 Å². The van der Waals surface area contributed by atoms with Crippen LogP contribution in [0.15, 0.2) is 36.7 Å². The highest BCUT2D eigenvalue weighted by molar-refractivity contribution is 7.40. The number of benzene rings is 1. The number of rotatable bonds is 29. The van der Waals surface area contributed by atoms with Crippen molar-refractivity contribution in [3.05, 3.63) is 58.5 Å². The molecule has 1 aromatic carbocycles. The number of ether oxygens (including phenoxy) is 3. The van der Waals surface area contributed by atoms with Crippen LogP contribution in [0.3, 0.4) is 0 Å². The van der Waals surface area contributed by atoms with E-state index in [9.17, 15) is 10.2 Å². The van der Waals surface area contributed by atoms with Crippen molar-refractivity contribution in [3.8, 4) is 6.07 Å². The molecule has 3 aromatic rings. The largest absolute Gasteiger partial charge is 0.382 e. The van der Waals surface area contributed by atoms with Crippen molar-refractivity contribution < 1.29 is 28.2 Å². The molecule has 13 heteroatoms. The summed E-state index contributed by atoms with van der Waals surface area (Å²) in [4.78, 5) is 14.6. The van der Waals surface area contributed by atoms with E-state index in [-0.39, 0.29) is 32.0 Å². The van der Waals surface area contributed by atoms with Crippen LogP contribution < -0.4 is 5.73 Å². The zero-order chi connectivity index (χ0) is 39.5.